The zero-order chi connectivity index (χ0) is 13.8. The number of aromatic nitrogens is 3. The van der Waals surface area contributed by atoms with Crippen LogP contribution in [0.25, 0.3) is 0 Å². The van der Waals surface area contributed by atoms with Crippen LogP contribution in [0.2, 0.25) is 0 Å². The van der Waals surface area contributed by atoms with Crippen molar-refractivity contribution in [2.45, 2.75) is 31.8 Å². The first-order valence-electron chi connectivity index (χ1n) is 6.95. The van der Waals surface area contributed by atoms with E-state index in [0.29, 0.717) is 6.04 Å². The smallest absolute Gasteiger partial charge is 0.141 e. The third kappa shape index (κ3) is 2.70. The third-order valence-corrected chi connectivity index (χ3v) is 3.80. The molecule has 1 aromatic carbocycles. The van der Waals surface area contributed by atoms with E-state index in [1.165, 1.54) is 18.4 Å². The summed E-state index contributed by atoms with van der Waals surface area (Å²) in [5.41, 5.74) is 1.89. The summed E-state index contributed by atoms with van der Waals surface area (Å²) in [7, 11) is 0. The average molecular weight is 267 g/mol. The van der Waals surface area contributed by atoms with Gasteiger partial charge in [0.05, 0.1) is 17.7 Å². The average Bonchev–Trinajstić information content (AvgIpc) is 3.02. The maximum atomic E-state index is 8.98. The molecule has 0 amide bonds. The molecule has 0 radical (unpaired) electrons. The summed E-state index contributed by atoms with van der Waals surface area (Å²) in [4.78, 5) is 6.72. The van der Waals surface area contributed by atoms with Gasteiger partial charge in [0.15, 0.2) is 0 Å². The molecule has 20 heavy (non-hydrogen) atoms. The van der Waals surface area contributed by atoms with E-state index in [4.69, 9.17) is 5.26 Å². The van der Waals surface area contributed by atoms with Gasteiger partial charge in [-0.3, -0.25) is 10.00 Å². The van der Waals surface area contributed by atoms with Crippen LogP contribution in [0.3, 0.4) is 0 Å². The van der Waals surface area contributed by atoms with Gasteiger partial charge >= 0.3 is 0 Å². The number of hydrogen-bond donors (Lipinski definition) is 1. The second-order valence-corrected chi connectivity index (χ2v) is 5.16. The fraction of sp³-hybridized carbons (Fsp3) is 0.400. The quantitative estimate of drug-likeness (QED) is 0.927. The lowest BCUT2D eigenvalue weighted by Gasteiger charge is -2.34. The highest BCUT2D eigenvalue weighted by atomic mass is 15.3. The van der Waals surface area contributed by atoms with Crippen molar-refractivity contribution in [3.05, 3.63) is 47.5 Å². The van der Waals surface area contributed by atoms with E-state index in [0.717, 1.165) is 30.9 Å². The minimum absolute atomic E-state index is 0.303. The lowest BCUT2D eigenvalue weighted by Crippen LogP contribution is -2.33. The van der Waals surface area contributed by atoms with Gasteiger partial charge in [0, 0.05) is 6.54 Å². The molecule has 1 aliphatic heterocycles. The van der Waals surface area contributed by atoms with E-state index >= 15 is 0 Å². The number of likely N-dealkylation sites (tertiary alicyclic amines) is 1. The van der Waals surface area contributed by atoms with Crippen molar-refractivity contribution in [2.24, 2.45) is 0 Å². The summed E-state index contributed by atoms with van der Waals surface area (Å²) in [5, 5.41) is 15.9. The molecule has 1 aliphatic rings. The second-order valence-electron chi connectivity index (χ2n) is 5.16. The highest BCUT2D eigenvalue weighted by molar-refractivity contribution is 5.32. The molecule has 5 nitrogen and oxygen atoms in total. The first-order chi connectivity index (χ1) is 9.86. The molecule has 5 heteroatoms. The van der Waals surface area contributed by atoms with Gasteiger partial charge in [-0.15, -0.1) is 0 Å². The molecular weight excluding hydrogens is 250 g/mol. The van der Waals surface area contributed by atoms with Crippen LogP contribution in [0.15, 0.2) is 30.6 Å². The van der Waals surface area contributed by atoms with Gasteiger partial charge in [-0.1, -0.05) is 18.6 Å². The van der Waals surface area contributed by atoms with E-state index in [2.05, 4.69) is 32.2 Å². The largest absolute Gasteiger partial charge is 0.289 e. The van der Waals surface area contributed by atoms with Crippen LogP contribution < -0.4 is 0 Å². The van der Waals surface area contributed by atoms with Crippen molar-refractivity contribution in [3.63, 3.8) is 0 Å². The molecule has 2 aromatic rings. The number of benzene rings is 1. The number of H-pyrrole nitrogens is 1. The number of piperidine rings is 1. The Morgan fingerprint density at radius 3 is 3.15 bits per heavy atom. The fourth-order valence-electron chi connectivity index (χ4n) is 2.84. The van der Waals surface area contributed by atoms with Gasteiger partial charge in [-0.05, 0) is 37.1 Å². The molecule has 0 bridgehead atoms. The van der Waals surface area contributed by atoms with E-state index in [1.54, 1.807) is 6.33 Å². The predicted molar refractivity (Wildman–Crippen MR) is 74.5 cm³/mol. The Kier molecular flexibility index (Phi) is 3.75. The van der Waals surface area contributed by atoms with Crippen molar-refractivity contribution in [1.82, 2.24) is 20.1 Å². The summed E-state index contributed by atoms with van der Waals surface area (Å²) in [6, 6.07) is 10.3. The van der Waals surface area contributed by atoms with Gasteiger partial charge in [0.2, 0.25) is 0 Å². The second kappa shape index (κ2) is 5.85. The molecule has 1 saturated heterocycles. The number of hydrogen-bond acceptors (Lipinski definition) is 4. The number of nitrogens with zero attached hydrogens (tertiary/aromatic N) is 4. The summed E-state index contributed by atoms with van der Waals surface area (Å²) in [5.74, 6) is 0.945. The molecule has 3 rings (SSSR count). The molecule has 0 unspecified atom stereocenters. The molecule has 102 valence electrons. The maximum Gasteiger partial charge on any atom is 0.141 e. The van der Waals surface area contributed by atoms with Crippen LogP contribution in [0.5, 0.6) is 0 Å². The first-order valence-corrected chi connectivity index (χ1v) is 6.95. The highest BCUT2D eigenvalue weighted by Gasteiger charge is 2.25. The van der Waals surface area contributed by atoms with Crippen LogP contribution in [0.4, 0.5) is 0 Å². The van der Waals surface area contributed by atoms with Crippen LogP contribution in [0.1, 0.15) is 42.3 Å². The Balaban J connectivity index is 1.78. The van der Waals surface area contributed by atoms with Crippen molar-refractivity contribution in [2.75, 3.05) is 6.54 Å². The van der Waals surface area contributed by atoms with Crippen LogP contribution in [-0.4, -0.2) is 26.6 Å². The minimum atomic E-state index is 0.303. The third-order valence-electron chi connectivity index (χ3n) is 3.80. The van der Waals surface area contributed by atoms with Gasteiger partial charge < -0.3 is 0 Å². The first kappa shape index (κ1) is 12.8. The van der Waals surface area contributed by atoms with Crippen LogP contribution >= 0.6 is 0 Å². The Morgan fingerprint density at radius 2 is 2.35 bits per heavy atom. The maximum absolute atomic E-state index is 8.98. The van der Waals surface area contributed by atoms with E-state index in [1.807, 2.05) is 18.2 Å². The van der Waals surface area contributed by atoms with E-state index in [-0.39, 0.29) is 0 Å². The molecule has 0 spiro atoms. The minimum Gasteiger partial charge on any atom is -0.289 e. The molecule has 1 N–H and O–H groups in total. The monoisotopic (exact) mass is 267 g/mol. The summed E-state index contributed by atoms with van der Waals surface area (Å²) in [6.07, 6.45) is 5.11. The molecule has 1 fully saturated rings. The molecule has 1 aromatic heterocycles. The zero-order valence-corrected chi connectivity index (χ0v) is 11.3. The molecule has 0 aliphatic carbocycles. The van der Waals surface area contributed by atoms with Gasteiger partial charge in [-0.2, -0.15) is 10.4 Å². The van der Waals surface area contributed by atoms with E-state index < -0.39 is 0 Å². The lowest BCUT2D eigenvalue weighted by molar-refractivity contribution is 0.134. The molecular formula is C15H17N5. The lowest BCUT2D eigenvalue weighted by atomic mass is 10.0. The van der Waals surface area contributed by atoms with Gasteiger partial charge in [-0.25, -0.2) is 4.98 Å². The van der Waals surface area contributed by atoms with Crippen LogP contribution in [0, 0.1) is 11.3 Å². The number of rotatable bonds is 3. The highest BCUT2D eigenvalue weighted by Crippen LogP contribution is 2.29. The normalized spacial score (nSPS) is 19.6. The molecule has 2 heterocycles. The van der Waals surface area contributed by atoms with E-state index in [9.17, 15) is 0 Å². The summed E-state index contributed by atoms with van der Waals surface area (Å²) in [6.45, 7) is 1.91. The number of nitrogens with one attached hydrogen (secondary N) is 1. The van der Waals surface area contributed by atoms with Crippen molar-refractivity contribution >= 4 is 0 Å². The SMILES string of the molecule is N#Cc1cccc(CN2CCCC[C@H]2c2ncn[nH]2)c1. The predicted octanol–water partition coefficient (Wildman–Crippen LogP) is 2.40. The zero-order valence-electron chi connectivity index (χ0n) is 11.3. The van der Waals surface area contributed by atoms with Crippen molar-refractivity contribution in [1.29, 1.82) is 5.26 Å². The Labute approximate surface area is 118 Å². The molecule has 1 atom stereocenters. The molecule has 0 saturated carbocycles. The van der Waals surface area contributed by atoms with Crippen molar-refractivity contribution < 1.29 is 0 Å². The van der Waals surface area contributed by atoms with Crippen LogP contribution in [-0.2, 0) is 6.54 Å². The Hall–Kier alpha value is -2.19. The Morgan fingerprint density at radius 1 is 1.40 bits per heavy atom. The summed E-state index contributed by atoms with van der Waals surface area (Å²) < 4.78 is 0. The summed E-state index contributed by atoms with van der Waals surface area (Å²) >= 11 is 0. The topological polar surface area (TPSA) is 68.6 Å². The van der Waals surface area contributed by atoms with Gasteiger partial charge in [0.25, 0.3) is 0 Å². The van der Waals surface area contributed by atoms with Gasteiger partial charge in [0.1, 0.15) is 12.2 Å². The fourth-order valence-corrected chi connectivity index (χ4v) is 2.84. The standard InChI is InChI=1S/C15H17N5/c16-9-12-4-3-5-13(8-12)10-20-7-2-1-6-14(20)15-17-11-18-19-15/h3-5,8,11,14H,1-2,6-7,10H2,(H,17,18,19)/t14-/m0/s1. The Bertz CT molecular complexity index is 599. The van der Waals surface area contributed by atoms with Crippen molar-refractivity contribution in [3.8, 4) is 6.07 Å². The number of nitriles is 1. The number of aromatic amines is 1.